The van der Waals surface area contributed by atoms with Crippen LogP contribution in [-0.4, -0.2) is 37.5 Å². The number of nitrogens with zero attached hydrogens (tertiary/aromatic N) is 1. The molecule has 0 heterocycles. The number of rotatable bonds is 5. The molecule has 1 aromatic carbocycles. The first kappa shape index (κ1) is 18.9. The van der Waals surface area contributed by atoms with Gasteiger partial charge in [-0.15, -0.1) is 0 Å². The summed E-state index contributed by atoms with van der Waals surface area (Å²) < 4.78 is 25.7. The lowest BCUT2D eigenvalue weighted by atomic mass is 10.1. The van der Waals surface area contributed by atoms with Gasteiger partial charge in [0.25, 0.3) is 0 Å². The molecule has 0 radical (unpaired) electrons. The second-order valence-corrected chi connectivity index (χ2v) is 8.74. The van der Waals surface area contributed by atoms with Crippen molar-refractivity contribution in [1.29, 1.82) is 0 Å². The lowest BCUT2D eigenvalue weighted by Crippen LogP contribution is -2.44. The van der Waals surface area contributed by atoms with E-state index in [4.69, 9.17) is 0 Å². The van der Waals surface area contributed by atoms with E-state index in [1.165, 1.54) is 10.6 Å². The molecule has 0 saturated heterocycles. The number of anilines is 1. The fourth-order valence-electron chi connectivity index (χ4n) is 3.22. The van der Waals surface area contributed by atoms with Crippen LogP contribution in [-0.2, 0) is 14.8 Å². The van der Waals surface area contributed by atoms with Gasteiger partial charge in [-0.2, -0.15) is 4.31 Å². The highest BCUT2D eigenvalue weighted by Crippen LogP contribution is 2.24. The van der Waals surface area contributed by atoms with Gasteiger partial charge >= 0.3 is 0 Å². The zero-order valence-electron chi connectivity index (χ0n) is 14.8. The van der Waals surface area contributed by atoms with Crippen LogP contribution in [0.15, 0.2) is 18.2 Å². The summed E-state index contributed by atoms with van der Waals surface area (Å²) in [4.78, 5) is 12.4. The quantitative estimate of drug-likeness (QED) is 0.827. The molecule has 1 saturated carbocycles. The Hall–Kier alpha value is -1.40. The Morgan fingerprint density at radius 2 is 1.75 bits per heavy atom. The zero-order valence-corrected chi connectivity index (χ0v) is 15.7. The number of carbonyl (C=O) groups is 1. The van der Waals surface area contributed by atoms with Gasteiger partial charge in [-0.3, -0.25) is 4.79 Å². The number of benzene rings is 1. The molecule has 0 aromatic heterocycles. The van der Waals surface area contributed by atoms with Crippen molar-refractivity contribution in [2.45, 2.75) is 58.4 Å². The predicted molar refractivity (Wildman–Crippen MR) is 97.6 cm³/mol. The van der Waals surface area contributed by atoms with Gasteiger partial charge in [0.15, 0.2) is 0 Å². The van der Waals surface area contributed by atoms with Crippen molar-refractivity contribution < 1.29 is 13.2 Å². The Morgan fingerprint density at radius 3 is 2.29 bits per heavy atom. The molecule has 24 heavy (non-hydrogen) atoms. The standard InChI is InChI=1S/C18H28N2O3S/c1-14-10-11-16(12-15(14)2)19-18(21)13-20(24(3,22)23)17-8-6-4-5-7-9-17/h10-12,17H,4-9,13H2,1-3H3,(H,19,21). The van der Waals surface area contributed by atoms with Crippen LogP contribution < -0.4 is 5.32 Å². The van der Waals surface area contributed by atoms with Gasteiger partial charge in [0.2, 0.25) is 15.9 Å². The monoisotopic (exact) mass is 352 g/mol. The van der Waals surface area contributed by atoms with Crippen molar-refractivity contribution in [3.05, 3.63) is 29.3 Å². The highest BCUT2D eigenvalue weighted by atomic mass is 32.2. The first-order valence-corrected chi connectivity index (χ1v) is 10.5. The number of hydrogen-bond donors (Lipinski definition) is 1. The van der Waals surface area contributed by atoms with E-state index < -0.39 is 10.0 Å². The highest BCUT2D eigenvalue weighted by molar-refractivity contribution is 7.88. The van der Waals surface area contributed by atoms with Crippen LogP contribution in [0.25, 0.3) is 0 Å². The summed E-state index contributed by atoms with van der Waals surface area (Å²) in [6.07, 6.45) is 7.20. The molecule has 2 rings (SSSR count). The lowest BCUT2D eigenvalue weighted by molar-refractivity contribution is -0.116. The Bertz CT molecular complexity index is 678. The Labute approximate surface area is 145 Å². The third-order valence-electron chi connectivity index (χ3n) is 4.75. The van der Waals surface area contributed by atoms with Crippen LogP contribution in [0.4, 0.5) is 5.69 Å². The number of carbonyl (C=O) groups excluding carboxylic acids is 1. The SMILES string of the molecule is Cc1ccc(NC(=O)CN(C2CCCCCC2)S(C)(=O)=O)cc1C. The van der Waals surface area contributed by atoms with Crippen LogP contribution in [0.2, 0.25) is 0 Å². The van der Waals surface area contributed by atoms with E-state index in [9.17, 15) is 13.2 Å². The van der Waals surface area contributed by atoms with Gasteiger partial charge in [0.1, 0.15) is 0 Å². The number of sulfonamides is 1. The molecule has 1 aliphatic rings. The van der Waals surface area contributed by atoms with Crippen molar-refractivity contribution in [2.75, 3.05) is 18.1 Å². The molecule has 6 heteroatoms. The molecule has 0 unspecified atom stereocenters. The van der Waals surface area contributed by atoms with Gasteiger partial charge < -0.3 is 5.32 Å². The van der Waals surface area contributed by atoms with E-state index in [1.807, 2.05) is 32.0 Å². The molecule has 0 spiro atoms. The average Bonchev–Trinajstić information content (AvgIpc) is 2.76. The number of hydrogen-bond acceptors (Lipinski definition) is 3. The van der Waals surface area contributed by atoms with Crippen LogP contribution in [0.1, 0.15) is 49.7 Å². The fourth-order valence-corrected chi connectivity index (χ4v) is 4.33. The summed E-state index contributed by atoms with van der Waals surface area (Å²) in [5, 5.41) is 2.82. The minimum atomic E-state index is -3.41. The molecule has 1 amide bonds. The van der Waals surface area contributed by atoms with Gasteiger partial charge in [0, 0.05) is 11.7 Å². The van der Waals surface area contributed by atoms with Gasteiger partial charge in [-0.25, -0.2) is 8.42 Å². The van der Waals surface area contributed by atoms with E-state index in [-0.39, 0.29) is 18.5 Å². The van der Waals surface area contributed by atoms with Crippen LogP contribution >= 0.6 is 0 Å². The summed E-state index contributed by atoms with van der Waals surface area (Å²) in [5.74, 6) is -0.284. The summed E-state index contributed by atoms with van der Waals surface area (Å²) in [6.45, 7) is 3.88. The maximum Gasteiger partial charge on any atom is 0.239 e. The Kier molecular flexibility index (Phi) is 6.40. The smallest absolute Gasteiger partial charge is 0.239 e. The summed E-state index contributed by atoms with van der Waals surface area (Å²) in [6, 6.07) is 5.64. The molecule has 5 nitrogen and oxygen atoms in total. The third kappa shape index (κ3) is 5.31. The normalized spacial score (nSPS) is 16.8. The average molecular weight is 353 g/mol. The van der Waals surface area contributed by atoms with Crippen LogP contribution in [0.5, 0.6) is 0 Å². The fraction of sp³-hybridized carbons (Fsp3) is 0.611. The van der Waals surface area contributed by atoms with Crippen molar-refractivity contribution in [1.82, 2.24) is 4.31 Å². The molecular weight excluding hydrogens is 324 g/mol. The molecule has 0 aliphatic heterocycles. The minimum absolute atomic E-state index is 0.0620. The van der Waals surface area contributed by atoms with Gasteiger partial charge in [-0.1, -0.05) is 31.7 Å². The van der Waals surface area contributed by atoms with Gasteiger partial charge in [-0.05, 0) is 49.9 Å². The second-order valence-electron chi connectivity index (χ2n) is 6.80. The van der Waals surface area contributed by atoms with E-state index >= 15 is 0 Å². The summed E-state index contributed by atoms with van der Waals surface area (Å²) >= 11 is 0. The number of amides is 1. The number of nitrogens with one attached hydrogen (secondary N) is 1. The van der Waals surface area contributed by atoms with Crippen LogP contribution in [0, 0.1) is 13.8 Å². The summed E-state index contributed by atoms with van der Waals surface area (Å²) in [5.41, 5.74) is 2.96. The van der Waals surface area contributed by atoms with E-state index in [0.29, 0.717) is 5.69 Å². The summed E-state index contributed by atoms with van der Waals surface area (Å²) in [7, 11) is -3.41. The zero-order chi connectivity index (χ0) is 17.7. The van der Waals surface area contributed by atoms with Crippen molar-refractivity contribution in [3.63, 3.8) is 0 Å². The molecule has 0 atom stereocenters. The lowest BCUT2D eigenvalue weighted by Gasteiger charge is -2.28. The second kappa shape index (κ2) is 8.12. The van der Waals surface area contributed by atoms with E-state index in [2.05, 4.69) is 5.32 Å². The molecule has 1 aliphatic carbocycles. The molecule has 0 bridgehead atoms. The first-order valence-electron chi connectivity index (χ1n) is 8.61. The Morgan fingerprint density at radius 1 is 1.12 bits per heavy atom. The Balaban J connectivity index is 2.07. The molecule has 1 N–H and O–H groups in total. The molecular formula is C18H28N2O3S. The maximum atomic E-state index is 12.4. The molecule has 1 fully saturated rings. The van der Waals surface area contributed by atoms with Crippen molar-refractivity contribution >= 4 is 21.6 Å². The number of aryl methyl sites for hydroxylation is 2. The third-order valence-corrected chi connectivity index (χ3v) is 6.03. The van der Waals surface area contributed by atoms with Crippen LogP contribution in [0.3, 0.4) is 0 Å². The predicted octanol–water partition coefficient (Wildman–Crippen LogP) is 3.23. The minimum Gasteiger partial charge on any atom is -0.325 e. The van der Waals surface area contributed by atoms with E-state index in [0.717, 1.165) is 49.7 Å². The molecule has 1 aromatic rings. The van der Waals surface area contributed by atoms with Crippen molar-refractivity contribution in [3.8, 4) is 0 Å². The topological polar surface area (TPSA) is 66.5 Å². The molecule has 134 valence electrons. The highest BCUT2D eigenvalue weighted by Gasteiger charge is 2.29. The maximum absolute atomic E-state index is 12.4. The largest absolute Gasteiger partial charge is 0.325 e. The van der Waals surface area contributed by atoms with Gasteiger partial charge in [0.05, 0.1) is 12.8 Å². The van der Waals surface area contributed by atoms with Crippen molar-refractivity contribution in [2.24, 2.45) is 0 Å². The first-order chi connectivity index (χ1) is 11.3. The van der Waals surface area contributed by atoms with E-state index in [1.54, 1.807) is 0 Å².